The predicted molar refractivity (Wildman–Crippen MR) is 88.3 cm³/mol. The average molecular weight is 335 g/mol. The molecule has 3 heterocycles. The van der Waals surface area contributed by atoms with Crippen molar-refractivity contribution >= 4 is 23.5 Å². The molecule has 2 aromatic heterocycles. The molecule has 2 N–H and O–H groups in total. The SMILES string of the molecule is CN1CCN(c2nnc(-c3nc(N)ncc3Cl)n2C)C2(CC2)C1. The van der Waals surface area contributed by atoms with E-state index in [9.17, 15) is 0 Å². The third-order valence-corrected chi connectivity index (χ3v) is 5.01. The van der Waals surface area contributed by atoms with Crippen LogP contribution in [0.25, 0.3) is 11.5 Å². The minimum atomic E-state index is 0.173. The summed E-state index contributed by atoms with van der Waals surface area (Å²) in [5.74, 6) is 1.64. The Morgan fingerprint density at radius 3 is 2.74 bits per heavy atom. The Kier molecular flexibility index (Phi) is 3.21. The molecule has 9 heteroatoms. The van der Waals surface area contributed by atoms with Crippen molar-refractivity contribution in [3.05, 3.63) is 11.2 Å². The van der Waals surface area contributed by atoms with Gasteiger partial charge in [-0.2, -0.15) is 0 Å². The fourth-order valence-corrected chi connectivity index (χ4v) is 3.53. The number of anilines is 2. The number of nitrogens with zero attached hydrogens (tertiary/aromatic N) is 7. The number of hydrogen-bond donors (Lipinski definition) is 1. The molecule has 0 radical (unpaired) electrons. The number of nitrogen functional groups attached to an aromatic ring is 1. The van der Waals surface area contributed by atoms with Crippen molar-refractivity contribution in [2.75, 3.05) is 37.3 Å². The minimum absolute atomic E-state index is 0.173. The maximum atomic E-state index is 6.20. The van der Waals surface area contributed by atoms with Crippen LogP contribution in [0.15, 0.2) is 6.20 Å². The zero-order chi connectivity index (χ0) is 16.2. The lowest BCUT2D eigenvalue weighted by molar-refractivity contribution is 0.253. The number of halogens is 1. The Morgan fingerprint density at radius 1 is 1.22 bits per heavy atom. The van der Waals surface area contributed by atoms with Gasteiger partial charge in [-0.05, 0) is 19.9 Å². The van der Waals surface area contributed by atoms with Gasteiger partial charge in [0.25, 0.3) is 0 Å². The van der Waals surface area contributed by atoms with Crippen LogP contribution >= 0.6 is 11.6 Å². The van der Waals surface area contributed by atoms with Crippen molar-refractivity contribution < 1.29 is 0 Å². The lowest BCUT2D eigenvalue weighted by Gasteiger charge is -2.41. The van der Waals surface area contributed by atoms with E-state index in [4.69, 9.17) is 17.3 Å². The van der Waals surface area contributed by atoms with Crippen LogP contribution in [0.1, 0.15) is 12.8 Å². The van der Waals surface area contributed by atoms with Crippen LogP contribution in [0.5, 0.6) is 0 Å². The summed E-state index contributed by atoms with van der Waals surface area (Å²) in [6.07, 6.45) is 3.88. The van der Waals surface area contributed by atoms with Crippen molar-refractivity contribution in [3.63, 3.8) is 0 Å². The summed E-state index contributed by atoms with van der Waals surface area (Å²) >= 11 is 6.20. The molecule has 1 spiro atoms. The number of aromatic nitrogens is 5. The first-order valence-electron chi connectivity index (χ1n) is 7.64. The van der Waals surface area contributed by atoms with Crippen LogP contribution in [0.2, 0.25) is 5.02 Å². The van der Waals surface area contributed by atoms with E-state index in [1.807, 2.05) is 11.6 Å². The van der Waals surface area contributed by atoms with Crippen LogP contribution in [0, 0.1) is 0 Å². The molecule has 2 aromatic rings. The van der Waals surface area contributed by atoms with E-state index in [1.54, 1.807) is 0 Å². The summed E-state index contributed by atoms with van der Waals surface area (Å²) in [5, 5.41) is 9.13. The summed E-state index contributed by atoms with van der Waals surface area (Å²) in [6, 6.07) is 0. The molecular weight excluding hydrogens is 316 g/mol. The first kappa shape index (κ1) is 14.6. The van der Waals surface area contributed by atoms with E-state index in [1.165, 1.54) is 19.0 Å². The van der Waals surface area contributed by atoms with Gasteiger partial charge in [-0.3, -0.25) is 4.57 Å². The largest absolute Gasteiger partial charge is 0.368 e. The van der Waals surface area contributed by atoms with Crippen LogP contribution in [-0.4, -0.2) is 61.9 Å². The van der Waals surface area contributed by atoms with Crippen molar-refractivity contribution in [1.29, 1.82) is 0 Å². The second-order valence-corrected chi connectivity index (χ2v) is 6.83. The van der Waals surface area contributed by atoms with Crippen molar-refractivity contribution in [3.8, 4) is 11.5 Å². The number of rotatable bonds is 2. The van der Waals surface area contributed by atoms with Gasteiger partial charge >= 0.3 is 0 Å². The number of hydrogen-bond acceptors (Lipinski definition) is 7. The molecule has 1 saturated carbocycles. The van der Waals surface area contributed by atoms with Crippen LogP contribution in [0.3, 0.4) is 0 Å². The van der Waals surface area contributed by atoms with Gasteiger partial charge < -0.3 is 15.5 Å². The van der Waals surface area contributed by atoms with E-state index in [2.05, 4.69) is 37.0 Å². The second-order valence-electron chi connectivity index (χ2n) is 6.42. The summed E-state index contributed by atoms with van der Waals surface area (Å²) in [4.78, 5) is 12.9. The lowest BCUT2D eigenvalue weighted by atomic mass is 10.1. The Labute approximate surface area is 139 Å². The highest BCUT2D eigenvalue weighted by molar-refractivity contribution is 6.32. The van der Waals surface area contributed by atoms with Gasteiger partial charge in [0.05, 0.1) is 16.8 Å². The highest BCUT2D eigenvalue weighted by atomic mass is 35.5. The minimum Gasteiger partial charge on any atom is -0.368 e. The summed E-state index contributed by atoms with van der Waals surface area (Å²) in [6.45, 7) is 3.03. The van der Waals surface area contributed by atoms with Crippen LogP contribution < -0.4 is 10.6 Å². The maximum absolute atomic E-state index is 6.20. The highest BCUT2D eigenvalue weighted by Crippen LogP contribution is 2.46. The van der Waals surface area contributed by atoms with Gasteiger partial charge in [0, 0.05) is 26.7 Å². The van der Waals surface area contributed by atoms with Gasteiger partial charge in [-0.15, -0.1) is 10.2 Å². The fourth-order valence-electron chi connectivity index (χ4n) is 3.36. The molecule has 0 aromatic carbocycles. The standard InChI is InChI=1S/C14H19ClN8/c1-21-5-6-23(14(8-21)3-4-14)13-20-19-11(22(13)2)10-9(15)7-17-12(16)18-10/h7H,3-6,8H2,1-2H3,(H2,16,17,18). The van der Waals surface area contributed by atoms with E-state index in [-0.39, 0.29) is 11.5 Å². The first-order chi connectivity index (χ1) is 11.0. The molecule has 0 amide bonds. The third kappa shape index (κ3) is 2.33. The quantitative estimate of drug-likeness (QED) is 0.868. The average Bonchev–Trinajstić information content (AvgIpc) is 3.17. The van der Waals surface area contributed by atoms with E-state index in [0.29, 0.717) is 16.5 Å². The molecule has 2 aliphatic rings. The molecule has 1 aliphatic carbocycles. The topological polar surface area (TPSA) is 89.0 Å². The number of nitrogens with two attached hydrogens (primary N) is 1. The molecule has 8 nitrogen and oxygen atoms in total. The summed E-state index contributed by atoms with van der Waals surface area (Å²) < 4.78 is 1.94. The summed E-state index contributed by atoms with van der Waals surface area (Å²) in [7, 11) is 4.11. The number of likely N-dealkylation sites (N-methyl/N-ethyl adjacent to an activating group) is 1. The highest BCUT2D eigenvalue weighted by Gasteiger charge is 2.52. The molecule has 2 fully saturated rings. The smallest absolute Gasteiger partial charge is 0.227 e. The normalized spacial score (nSPS) is 20.2. The van der Waals surface area contributed by atoms with Crippen molar-refractivity contribution in [1.82, 2.24) is 29.6 Å². The Balaban J connectivity index is 1.73. The summed E-state index contributed by atoms with van der Waals surface area (Å²) in [5.41, 5.74) is 6.40. The third-order valence-electron chi connectivity index (χ3n) is 4.74. The Bertz CT molecular complexity index is 753. The number of piperazine rings is 1. The molecule has 1 aliphatic heterocycles. The zero-order valence-corrected chi connectivity index (χ0v) is 14.0. The van der Waals surface area contributed by atoms with Gasteiger partial charge in [-0.25, -0.2) is 9.97 Å². The van der Waals surface area contributed by atoms with Gasteiger partial charge in [0.1, 0.15) is 5.69 Å². The molecule has 1 saturated heterocycles. The maximum Gasteiger partial charge on any atom is 0.227 e. The molecule has 4 rings (SSSR count). The molecule has 0 unspecified atom stereocenters. The Hall–Kier alpha value is -1.93. The van der Waals surface area contributed by atoms with Gasteiger partial charge in [-0.1, -0.05) is 11.6 Å². The van der Waals surface area contributed by atoms with E-state index < -0.39 is 0 Å². The molecule has 23 heavy (non-hydrogen) atoms. The molecule has 0 bridgehead atoms. The lowest BCUT2D eigenvalue weighted by Crippen LogP contribution is -2.54. The monoisotopic (exact) mass is 334 g/mol. The molecule has 122 valence electrons. The molecule has 0 atom stereocenters. The Morgan fingerprint density at radius 2 is 2.00 bits per heavy atom. The van der Waals surface area contributed by atoms with Crippen LogP contribution in [-0.2, 0) is 7.05 Å². The van der Waals surface area contributed by atoms with Crippen molar-refractivity contribution in [2.45, 2.75) is 18.4 Å². The predicted octanol–water partition coefficient (Wildman–Crippen LogP) is 0.792. The van der Waals surface area contributed by atoms with Crippen molar-refractivity contribution in [2.24, 2.45) is 7.05 Å². The van der Waals surface area contributed by atoms with Gasteiger partial charge in [0.2, 0.25) is 11.9 Å². The van der Waals surface area contributed by atoms with E-state index >= 15 is 0 Å². The second kappa shape index (κ2) is 5.04. The van der Waals surface area contributed by atoms with E-state index in [0.717, 1.165) is 25.6 Å². The zero-order valence-electron chi connectivity index (χ0n) is 13.2. The van der Waals surface area contributed by atoms with Crippen LogP contribution in [0.4, 0.5) is 11.9 Å². The first-order valence-corrected chi connectivity index (χ1v) is 8.02. The van der Waals surface area contributed by atoms with Gasteiger partial charge in [0.15, 0.2) is 5.82 Å². The fraction of sp³-hybridized carbons (Fsp3) is 0.571. The molecular formula is C14H19ClN8.